The van der Waals surface area contributed by atoms with E-state index in [4.69, 9.17) is 0 Å². The van der Waals surface area contributed by atoms with Crippen LogP contribution in [0.15, 0.2) is 89.0 Å². The molecule has 0 bridgehead atoms. The molecular weight excluding hydrogens is 628 g/mol. The molecule has 47 heavy (non-hydrogen) atoms. The van der Waals surface area contributed by atoms with E-state index in [0.29, 0.717) is 38.9 Å². The van der Waals surface area contributed by atoms with Crippen molar-refractivity contribution >= 4 is 39.8 Å². The summed E-state index contributed by atoms with van der Waals surface area (Å²) in [5.41, 5.74) is -2.60. The maximum absolute atomic E-state index is 14.1. The summed E-state index contributed by atoms with van der Waals surface area (Å²) >= 11 is 0. The molecule has 4 atom stereocenters. The van der Waals surface area contributed by atoms with Crippen LogP contribution in [0.2, 0.25) is 0 Å². The number of alkyl halides is 6. The molecule has 0 aromatic heterocycles. The van der Waals surface area contributed by atoms with Gasteiger partial charge in [0.1, 0.15) is 5.75 Å². The molecule has 1 heterocycles. The van der Waals surface area contributed by atoms with Gasteiger partial charge in [-0.05, 0) is 67.0 Å². The first kappa shape index (κ1) is 30.6. The summed E-state index contributed by atoms with van der Waals surface area (Å²) in [4.78, 5) is 55.3. The molecule has 0 radical (unpaired) electrons. The van der Waals surface area contributed by atoms with Crippen LogP contribution in [-0.2, 0) is 31.5 Å². The van der Waals surface area contributed by atoms with Crippen molar-refractivity contribution < 1.29 is 50.6 Å². The number of allylic oxidation sites excluding steroid dienone is 6. The fourth-order valence-electron chi connectivity index (χ4n) is 7.62. The van der Waals surface area contributed by atoms with Crippen molar-refractivity contribution in [3.05, 3.63) is 106 Å². The van der Waals surface area contributed by atoms with Crippen LogP contribution in [0.5, 0.6) is 5.75 Å². The number of halogens is 6. The third-order valence-corrected chi connectivity index (χ3v) is 9.64. The molecule has 0 spiro atoms. The van der Waals surface area contributed by atoms with Gasteiger partial charge in [-0.1, -0.05) is 42.0 Å². The Kier molecular flexibility index (Phi) is 6.68. The third-order valence-electron chi connectivity index (χ3n) is 9.64. The van der Waals surface area contributed by atoms with Crippen molar-refractivity contribution in [1.29, 1.82) is 0 Å². The number of hydrogen-bond acceptors (Lipinski definition) is 5. The number of carbonyl (C=O) groups excluding carboxylic acids is 4. The molecule has 1 fully saturated rings. The topological polar surface area (TPSA) is 91.8 Å². The van der Waals surface area contributed by atoms with Gasteiger partial charge in [-0.25, -0.2) is 4.90 Å². The molecule has 12 heteroatoms. The highest BCUT2D eigenvalue weighted by Crippen LogP contribution is 2.56. The van der Waals surface area contributed by atoms with Crippen LogP contribution in [0.25, 0.3) is 10.8 Å². The van der Waals surface area contributed by atoms with E-state index in [-0.39, 0.29) is 41.4 Å². The SMILES string of the molecule is CC1=CC(=O)C2=C(CC3C(=CCC4C(=O)N(c5cc(C(F)(F)F)cc(C(F)(F)F)c5)C(=O)C43)C2c2ccc(O)c3ccccc23)C1=O. The second-order valence-electron chi connectivity index (χ2n) is 12.2. The fraction of sp³-hybridized carbons (Fsp3) is 0.257. The molecule has 0 saturated carbocycles. The van der Waals surface area contributed by atoms with Crippen molar-refractivity contribution in [1.82, 2.24) is 0 Å². The number of nitrogens with zero attached hydrogens (tertiary/aromatic N) is 1. The Labute approximate surface area is 262 Å². The van der Waals surface area contributed by atoms with Crippen LogP contribution >= 0.6 is 0 Å². The first-order valence-electron chi connectivity index (χ1n) is 14.7. The zero-order valence-electron chi connectivity index (χ0n) is 24.4. The summed E-state index contributed by atoms with van der Waals surface area (Å²) in [6.07, 6.45) is -7.68. The van der Waals surface area contributed by atoms with E-state index in [2.05, 4.69) is 0 Å². The minimum atomic E-state index is -5.20. The number of phenols is 1. The molecule has 1 saturated heterocycles. The van der Waals surface area contributed by atoms with Crippen LogP contribution < -0.4 is 4.90 Å². The Hall–Kier alpha value is -5.00. The summed E-state index contributed by atoms with van der Waals surface area (Å²) < 4.78 is 82.1. The molecule has 6 nitrogen and oxygen atoms in total. The number of amides is 2. The highest BCUT2D eigenvalue weighted by atomic mass is 19.4. The summed E-state index contributed by atoms with van der Waals surface area (Å²) in [5.74, 6) is -6.90. The summed E-state index contributed by atoms with van der Waals surface area (Å²) in [6, 6.07) is 10.5. The van der Waals surface area contributed by atoms with Gasteiger partial charge in [0.05, 0.1) is 28.7 Å². The molecule has 3 aromatic rings. The number of Topliss-reactive ketones (excluding diaryl/α,β-unsaturated/α-hetero) is 1. The van der Waals surface area contributed by atoms with Crippen LogP contribution in [0, 0.1) is 17.8 Å². The van der Waals surface area contributed by atoms with E-state index >= 15 is 0 Å². The van der Waals surface area contributed by atoms with Crippen LogP contribution in [0.3, 0.4) is 0 Å². The minimum Gasteiger partial charge on any atom is -0.507 e. The van der Waals surface area contributed by atoms with E-state index in [1.807, 2.05) is 0 Å². The molecule has 3 aliphatic carbocycles. The van der Waals surface area contributed by atoms with E-state index in [1.54, 1.807) is 36.4 Å². The molecule has 1 aliphatic heterocycles. The van der Waals surface area contributed by atoms with Crippen LogP contribution in [-0.4, -0.2) is 28.5 Å². The number of carbonyl (C=O) groups is 4. The van der Waals surface area contributed by atoms with Crippen LogP contribution in [0.1, 0.15) is 42.4 Å². The number of rotatable bonds is 2. The number of phenolic OH excluding ortho intramolecular Hbond substituents is 1. The van der Waals surface area contributed by atoms with E-state index in [9.17, 15) is 50.6 Å². The predicted octanol–water partition coefficient (Wildman–Crippen LogP) is 7.22. The van der Waals surface area contributed by atoms with Crippen molar-refractivity contribution in [3.63, 3.8) is 0 Å². The molecule has 240 valence electrons. The largest absolute Gasteiger partial charge is 0.507 e. The van der Waals surface area contributed by atoms with Crippen molar-refractivity contribution in [2.45, 2.75) is 38.0 Å². The van der Waals surface area contributed by atoms with Crippen molar-refractivity contribution in [2.24, 2.45) is 17.8 Å². The molecule has 7 rings (SSSR count). The van der Waals surface area contributed by atoms with Gasteiger partial charge in [-0.15, -0.1) is 0 Å². The molecule has 4 unspecified atom stereocenters. The van der Waals surface area contributed by atoms with Gasteiger partial charge in [0.2, 0.25) is 11.8 Å². The number of benzene rings is 3. The summed E-state index contributed by atoms with van der Waals surface area (Å²) in [6.45, 7) is 1.47. The summed E-state index contributed by atoms with van der Waals surface area (Å²) in [5, 5.41) is 11.6. The average Bonchev–Trinajstić information content (AvgIpc) is 3.27. The number of fused-ring (bicyclic) bond motifs is 4. The third kappa shape index (κ3) is 4.63. The molecule has 2 amide bonds. The summed E-state index contributed by atoms with van der Waals surface area (Å²) in [7, 11) is 0. The standard InChI is InChI=1S/C35H23F6NO5/c1-15-10-27(44)30-25(31(15)45)14-24-22(28(30)21-8-9-26(43)20-5-3-2-4-19(20)21)6-7-23-29(24)33(47)42(32(23)46)18-12-16(34(36,37)38)11-17(13-18)35(39,40)41/h2-6,8-13,23-24,28-29,43H,7,14H2,1H3. The number of aromatic hydroxyl groups is 1. The monoisotopic (exact) mass is 651 g/mol. The van der Waals surface area contributed by atoms with Gasteiger partial charge in [-0.2, -0.15) is 26.3 Å². The molecule has 3 aromatic carbocycles. The van der Waals surface area contributed by atoms with E-state index < -0.39 is 76.2 Å². The molecule has 4 aliphatic rings. The predicted molar refractivity (Wildman–Crippen MR) is 156 cm³/mol. The van der Waals surface area contributed by atoms with Gasteiger partial charge >= 0.3 is 12.4 Å². The number of imide groups is 1. The highest BCUT2D eigenvalue weighted by Gasteiger charge is 2.57. The highest BCUT2D eigenvalue weighted by molar-refractivity contribution is 6.25. The van der Waals surface area contributed by atoms with Crippen molar-refractivity contribution in [2.75, 3.05) is 4.90 Å². The maximum Gasteiger partial charge on any atom is 0.416 e. The molecule has 1 N–H and O–H groups in total. The Morgan fingerprint density at radius 2 is 1.45 bits per heavy atom. The lowest BCUT2D eigenvalue weighted by Crippen LogP contribution is -2.39. The van der Waals surface area contributed by atoms with Gasteiger partial charge < -0.3 is 5.11 Å². The molecular formula is C35H23F6NO5. The first-order chi connectivity index (χ1) is 22.1. The van der Waals surface area contributed by atoms with Crippen molar-refractivity contribution in [3.8, 4) is 5.75 Å². The lowest BCUT2D eigenvalue weighted by molar-refractivity contribution is -0.143. The smallest absolute Gasteiger partial charge is 0.416 e. The van der Waals surface area contributed by atoms with E-state index in [0.717, 1.165) is 0 Å². The number of ketones is 2. The average molecular weight is 652 g/mol. The number of anilines is 1. The zero-order chi connectivity index (χ0) is 33.7. The van der Waals surface area contributed by atoms with Gasteiger partial charge in [0, 0.05) is 28.0 Å². The number of hydrogen-bond donors (Lipinski definition) is 1. The minimum absolute atomic E-state index is 0.0306. The normalized spacial score (nSPS) is 24.7. The van der Waals surface area contributed by atoms with E-state index in [1.165, 1.54) is 19.1 Å². The van der Waals surface area contributed by atoms with Gasteiger partial charge in [-0.3, -0.25) is 19.2 Å². The quantitative estimate of drug-likeness (QED) is 0.137. The maximum atomic E-state index is 14.1. The van der Waals surface area contributed by atoms with Crippen LogP contribution in [0.4, 0.5) is 32.0 Å². The Bertz CT molecular complexity index is 2020. The Morgan fingerprint density at radius 3 is 2.09 bits per heavy atom. The lowest BCUT2D eigenvalue weighted by Gasteiger charge is -2.42. The fourth-order valence-corrected chi connectivity index (χ4v) is 7.62. The second-order valence-corrected chi connectivity index (χ2v) is 12.2. The Balaban J connectivity index is 1.39. The lowest BCUT2D eigenvalue weighted by atomic mass is 9.59. The second kappa shape index (κ2) is 10.2. The first-order valence-corrected chi connectivity index (χ1v) is 14.7. The van der Waals surface area contributed by atoms with Gasteiger partial charge in [0.15, 0.2) is 11.6 Å². The van der Waals surface area contributed by atoms with Gasteiger partial charge in [0.25, 0.3) is 0 Å². The zero-order valence-corrected chi connectivity index (χ0v) is 24.4. The Morgan fingerprint density at radius 1 is 0.809 bits per heavy atom.